The number of hydrogen-bond acceptors (Lipinski definition) is 2. The molecule has 0 unspecified atom stereocenters. The average molecular weight is 503 g/mol. The zero-order valence-electron chi connectivity index (χ0n) is 20.0. The van der Waals surface area contributed by atoms with Gasteiger partial charge in [-0.2, -0.15) is 0 Å². The number of esters is 1. The Labute approximate surface area is 202 Å². The third-order valence-electron chi connectivity index (χ3n) is 6.71. The summed E-state index contributed by atoms with van der Waals surface area (Å²) in [5.41, 5.74) is 0. The number of rotatable bonds is 14. The van der Waals surface area contributed by atoms with E-state index in [2.05, 4.69) is 91.0 Å². The Kier molecular flexibility index (Phi) is 10.8. The van der Waals surface area contributed by atoms with Gasteiger partial charge in [0.1, 0.15) is 0 Å². The molecule has 33 heavy (non-hydrogen) atoms. The summed E-state index contributed by atoms with van der Waals surface area (Å²) in [6.07, 6.45) is 10.3. The third kappa shape index (κ3) is 7.33. The first kappa shape index (κ1) is 25.3. The molecule has 0 aliphatic rings. The molecule has 0 N–H and O–H groups in total. The van der Waals surface area contributed by atoms with Crippen LogP contribution in [0.5, 0.6) is 0 Å². The summed E-state index contributed by atoms with van der Waals surface area (Å²) in [5.74, 6) is -0.0839. The first-order chi connectivity index (χ1) is 16.3. The van der Waals surface area contributed by atoms with Crippen LogP contribution in [-0.4, -0.2) is 26.3 Å². The second kappa shape index (κ2) is 14.0. The molecule has 3 aromatic carbocycles. The van der Waals surface area contributed by atoms with E-state index in [1.807, 2.05) is 0 Å². The van der Waals surface area contributed by atoms with Gasteiger partial charge in [-0.25, -0.2) is 0 Å². The fourth-order valence-electron chi connectivity index (χ4n) is 4.92. The molecule has 0 saturated carbocycles. The molecule has 0 aliphatic carbocycles. The first-order valence-corrected chi connectivity index (χ1v) is 17.1. The molecule has 0 amide bonds. The van der Waals surface area contributed by atoms with E-state index < -0.39 is 13.3 Å². The van der Waals surface area contributed by atoms with Crippen LogP contribution in [0.15, 0.2) is 91.0 Å². The minimum absolute atomic E-state index is 0.0839. The van der Waals surface area contributed by atoms with Crippen LogP contribution in [0.4, 0.5) is 0 Å². The Morgan fingerprint density at radius 3 is 1.33 bits per heavy atom. The van der Waals surface area contributed by atoms with Crippen LogP contribution >= 0.6 is 0 Å². The summed E-state index contributed by atoms with van der Waals surface area (Å²) >= 11 is -2.75. The molecular weight excluding hydrogens is 465 g/mol. The van der Waals surface area contributed by atoms with Crippen LogP contribution in [0, 0.1) is 0 Å². The predicted molar refractivity (Wildman–Crippen MR) is 142 cm³/mol. The molecule has 3 heteroatoms. The van der Waals surface area contributed by atoms with Gasteiger partial charge in [0.25, 0.3) is 0 Å². The summed E-state index contributed by atoms with van der Waals surface area (Å²) in [7, 11) is 1.47. The van der Waals surface area contributed by atoms with E-state index in [1.165, 1.54) is 50.9 Å². The topological polar surface area (TPSA) is 26.3 Å². The van der Waals surface area contributed by atoms with Gasteiger partial charge in [0.15, 0.2) is 0 Å². The Balaban J connectivity index is 1.61. The average Bonchev–Trinajstić information content (AvgIpc) is 2.89. The number of ether oxygens (including phenoxy) is 1. The quantitative estimate of drug-likeness (QED) is 0.157. The van der Waals surface area contributed by atoms with Gasteiger partial charge in [-0.1, -0.05) is 0 Å². The number of benzene rings is 3. The summed E-state index contributed by atoms with van der Waals surface area (Å²) in [6, 6.07) is 33.9. The Bertz CT molecular complexity index is 829. The molecule has 0 heterocycles. The second-order valence-corrected chi connectivity index (χ2v) is 17.4. The zero-order valence-corrected chi connectivity index (χ0v) is 22.1. The maximum absolute atomic E-state index is 11.2. The van der Waals surface area contributed by atoms with Gasteiger partial charge in [-0.05, 0) is 0 Å². The molecule has 0 bridgehead atoms. The van der Waals surface area contributed by atoms with Crippen LogP contribution in [0.25, 0.3) is 0 Å². The van der Waals surface area contributed by atoms with Crippen LogP contribution in [0.1, 0.15) is 57.8 Å². The molecule has 0 saturated heterocycles. The van der Waals surface area contributed by atoms with Gasteiger partial charge in [-0.3, -0.25) is 0 Å². The van der Waals surface area contributed by atoms with Crippen LogP contribution in [-0.2, 0) is 9.53 Å². The van der Waals surface area contributed by atoms with Gasteiger partial charge >= 0.3 is 196 Å². The minimum atomic E-state index is -2.75. The molecule has 0 spiro atoms. The number of methoxy groups -OCH3 is 1. The summed E-state index contributed by atoms with van der Waals surface area (Å²) < 4.78 is 9.38. The zero-order chi connectivity index (χ0) is 23.2. The van der Waals surface area contributed by atoms with E-state index in [-0.39, 0.29) is 5.97 Å². The van der Waals surface area contributed by atoms with E-state index in [0.29, 0.717) is 6.42 Å². The molecular formula is C30H38GeO2. The van der Waals surface area contributed by atoms with Crippen molar-refractivity contribution < 1.29 is 9.53 Å². The number of carbonyl (C=O) groups excluding carboxylic acids is 1. The number of carbonyl (C=O) groups is 1. The van der Waals surface area contributed by atoms with Crippen molar-refractivity contribution in [2.75, 3.05) is 7.11 Å². The van der Waals surface area contributed by atoms with Crippen molar-refractivity contribution in [3.05, 3.63) is 91.0 Å². The van der Waals surface area contributed by atoms with E-state index in [0.717, 1.165) is 12.8 Å². The fourth-order valence-corrected chi connectivity index (χ4v) is 15.3. The van der Waals surface area contributed by atoms with Crippen molar-refractivity contribution in [2.24, 2.45) is 0 Å². The first-order valence-electron chi connectivity index (χ1n) is 12.5. The van der Waals surface area contributed by atoms with Gasteiger partial charge in [0.05, 0.1) is 7.11 Å². The molecule has 3 aromatic rings. The third-order valence-corrected chi connectivity index (χ3v) is 17.3. The van der Waals surface area contributed by atoms with Crippen molar-refractivity contribution in [2.45, 2.75) is 63.0 Å². The standard InChI is InChI=1S/C30H38GeO2/c1-33-30(32)25-17-6-4-2-3-5-7-18-26-31(27-19-11-8-12-20-27,28-21-13-9-14-22-28)29-23-15-10-16-24-29/h8-16,19-24H,2-7,17-18,25-26H2,1H3. The second-order valence-electron chi connectivity index (χ2n) is 8.91. The van der Waals surface area contributed by atoms with Crippen molar-refractivity contribution in [3.8, 4) is 0 Å². The van der Waals surface area contributed by atoms with E-state index in [1.54, 1.807) is 13.2 Å². The molecule has 0 fully saturated rings. The van der Waals surface area contributed by atoms with E-state index in [4.69, 9.17) is 4.74 Å². The molecule has 174 valence electrons. The van der Waals surface area contributed by atoms with Gasteiger partial charge < -0.3 is 0 Å². The Morgan fingerprint density at radius 2 is 0.939 bits per heavy atom. The van der Waals surface area contributed by atoms with Crippen molar-refractivity contribution >= 4 is 32.4 Å². The molecule has 0 aromatic heterocycles. The van der Waals surface area contributed by atoms with Gasteiger partial charge in [-0.15, -0.1) is 0 Å². The van der Waals surface area contributed by atoms with Gasteiger partial charge in [0.2, 0.25) is 0 Å². The normalized spacial score (nSPS) is 11.3. The van der Waals surface area contributed by atoms with Crippen LogP contribution < -0.4 is 13.2 Å². The van der Waals surface area contributed by atoms with Crippen LogP contribution in [0.2, 0.25) is 5.25 Å². The van der Waals surface area contributed by atoms with Crippen LogP contribution in [0.3, 0.4) is 0 Å². The summed E-state index contributed by atoms with van der Waals surface area (Å²) in [5, 5.41) is 1.29. The Hall–Kier alpha value is -2.33. The number of unbranched alkanes of at least 4 members (excludes halogenated alkanes) is 7. The van der Waals surface area contributed by atoms with Crippen molar-refractivity contribution in [3.63, 3.8) is 0 Å². The van der Waals surface area contributed by atoms with Crippen molar-refractivity contribution in [1.29, 1.82) is 0 Å². The molecule has 0 aliphatic heterocycles. The molecule has 3 rings (SSSR count). The van der Waals surface area contributed by atoms with E-state index in [9.17, 15) is 4.79 Å². The Morgan fingerprint density at radius 1 is 0.576 bits per heavy atom. The summed E-state index contributed by atoms with van der Waals surface area (Å²) in [6.45, 7) is 0. The van der Waals surface area contributed by atoms with Crippen molar-refractivity contribution in [1.82, 2.24) is 0 Å². The number of hydrogen-bond donors (Lipinski definition) is 0. The SMILES string of the molecule is COC(=O)CCCCCCCCC[CH2][Ge]([c]1ccccc1)([c]1ccccc1)[c]1ccccc1. The molecule has 0 atom stereocenters. The molecule has 0 radical (unpaired) electrons. The maximum atomic E-state index is 11.2. The fraction of sp³-hybridized carbons (Fsp3) is 0.367. The van der Waals surface area contributed by atoms with Gasteiger partial charge in [0, 0.05) is 0 Å². The predicted octanol–water partition coefficient (Wildman–Crippen LogP) is 5.84. The summed E-state index contributed by atoms with van der Waals surface area (Å²) in [4.78, 5) is 11.2. The monoisotopic (exact) mass is 504 g/mol. The van der Waals surface area contributed by atoms with E-state index >= 15 is 0 Å². The molecule has 2 nitrogen and oxygen atoms in total.